The van der Waals surface area contributed by atoms with Crippen molar-refractivity contribution in [3.63, 3.8) is 0 Å². The Balaban J connectivity index is 2.90. The molecule has 1 N–H and O–H groups in total. The highest BCUT2D eigenvalue weighted by Crippen LogP contribution is 2.08. The molecular weight excluding hydrogens is 186 g/mol. The van der Waals surface area contributed by atoms with Gasteiger partial charge in [-0.2, -0.15) is 0 Å². The topological polar surface area (TPSA) is 12.0 Å². The van der Waals surface area contributed by atoms with Gasteiger partial charge in [0.25, 0.3) is 0 Å². The summed E-state index contributed by atoms with van der Waals surface area (Å²) in [5.41, 5.74) is 5.57. The molecule has 1 aromatic carbocycles. The number of benzene rings is 1. The first-order valence-electron chi connectivity index (χ1n) is 4.82. The second kappa shape index (κ2) is 4.34. The van der Waals surface area contributed by atoms with Crippen LogP contribution in [0.25, 0.3) is 0 Å². The van der Waals surface area contributed by atoms with Gasteiger partial charge in [0.1, 0.15) is 8.07 Å². The highest BCUT2D eigenvalue weighted by Gasteiger charge is 2.07. The summed E-state index contributed by atoms with van der Waals surface area (Å²) in [4.78, 5) is 0. The third kappa shape index (κ3) is 3.67. The van der Waals surface area contributed by atoms with Gasteiger partial charge in [0, 0.05) is 18.3 Å². The second-order valence-electron chi connectivity index (χ2n) is 4.33. The van der Waals surface area contributed by atoms with Crippen LogP contribution in [-0.4, -0.2) is 15.1 Å². The van der Waals surface area contributed by atoms with Gasteiger partial charge in [-0.15, -0.1) is 5.54 Å². The molecule has 0 aliphatic carbocycles. The highest BCUT2D eigenvalue weighted by atomic mass is 28.3. The molecule has 74 valence electrons. The van der Waals surface area contributed by atoms with E-state index in [1.807, 2.05) is 25.2 Å². The molecule has 0 aliphatic heterocycles. The summed E-state index contributed by atoms with van der Waals surface area (Å²) in [5.74, 6) is 3.23. The summed E-state index contributed by atoms with van der Waals surface area (Å²) >= 11 is 0. The van der Waals surface area contributed by atoms with E-state index >= 15 is 0 Å². The predicted molar refractivity (Wildman–Crippen MR) is 66.2 cm³/mol. The number of rotatable bonds is 1. The lowest BCUT2D eigenvalue weighted by Gasteiger charge is -2.04. The van der Waals surface area contributed by atoms with E-state index in [1.165, 1.54) is 0 Å². The number of hydrogen-bond donors (Lipinski definition) is 1. The van der Waals surface area contributed by atoms with Crippen LogP contribution in [0.4, 0.5) is 5.69 Å². The Hall–Kier alpha value is -1.20. The number of anilines is 1. The Morgan fingerprint density at radius 2 is 1.93 bits per heavy atom. The Bertz CT molecular complexity index is 366. The van der Waals surface area contributed by atoms with Crippen molar-refractivity contribution in [1.82, 2.24) is 0 Å². The molecule has 0 saturated heterocycles. The van der Waals surface area contributed by atoms with E-state index in [1.54, 1.807) is 0 Å². The van der Waals surface area contributed by atoms with Gasteiger partial charge < -0.3 is 5.32 Å². The van der Waals surface area contributed by atoms with Crippen LogP contribution in [0.5, 0.6) is 0 Å². The second-order valence-corrected chi connectivity index (χ2v) is 9.08. The Labute approximate surface area is 87.6 Å². The average molecular weight is 203 g/mol. The minimum absolute atomic E-state index is 1.10. The Morgan fingerprint density at radius 1 is 1.21 bits per heavy atom. The third-order valence-corrected chi connectivity index (χ3v) is 2.61. The van der Waals surface area contributed by atoms with Crippen LogP contribution < -0.4 is 5.32 Å². The maximum absolute atomic E-state index is 3.35. The summed E-state index contributed by atoms with van der Waals surface area (Å²) in [6, 6.07) is 8.20. The number of nitrogens with one attached hydrogen (secondary N) is 1. The molecule has 0 bridgehead atoms. The largest absolute Gasteiger partial charge is 0.388 e. The Kier molecular flexibility index (Phi) is 3.37. The summed E-state index contributed by atoms with van der Waals surface area (Å²) in [6.45, 7) is 6.76. The average Bonchev–Trinajstić information content (AvgIpc) is 2.14. The van der Waals surface area contributed by atoms with Crippen molar-refractivity contribution in [2.24, 2.45) is 0 Å². The van der Waals surface area contributed by atoms with Crippen LogP contribution in [0.2, 0.25) is 19.6 Å². The van der Waals surface area contributed by atoms with Gasteiger partial charge in [-0.25, -0.2) is 0 Å². The van der Waals surface area contributed by atoms with Crippen LogP contribution >= 0.6 is 0 Å². The third-order valence-electron chi connectivity index (χ3n) is 1.73. The van der Waals surface area contributed by atoms with Crippen LogP contribution in [0, 0.1) is 11.5 Å². The molecule has 1 rings (SSSR count). The lowest BCUT2D eigenvalue weighted by molar-refractivity contribution is 1.50. The number of hydrogen-bond acceptors (Lipinski definition) is 1. The van der Waals surface area contributed by atoms with Crippen LogP contribution in [-0.2, 0) is 0 Å². The molecule has 14 heavy (non-hydrogen) atoms. The molecule has 0 aliphatic rings. The van der Waals surface area contributed by atoms with E-state index in [9.17, 15) is 0 Å². The monoisotopic (exact) mass is 203 g/mol. The lowest BCUT2D eigenvalue weighted by atomic mass is 10.2. The zero-order valence-corrected chi connectivity index (χ0v) is 10.3. The fourth-order valence-electron chi connectivity index (χ4n) is 1.01. The molecule has 0 saturated carbocycles. The van der Waals surface area contributed by atoms with Crippen molar-refractivity contribution >= 4 is 13.8 Å². The maximum atomic E-state index is 3.35. The molecule has 0 heterocycles. The van der Waals surface area contributed by atoms with Gasteiger partial charge in [0.15, 0.2) is 0 Å². The van der Waals surface area contributed by atoms with Gasteiger partial charge in [-0.05, 0) is 18.2 Å². The molecular formula is C12H17NSi. The highest BCUT2D eigenvalue weighted by molar-refractivity contribution is 6.83. The van der Waals surface area contributed by atoms with E-state index in [-0.39, 0.29) is 0 Å². The first-order valence-corrected chi connectivity index (χ1v) is 8.32. The molecule has 0 spiro atoms. The van der Waals surface area contributed by atoms with Gasteiger partial charge in [-0.3, -0.25) is 0 Å². The summed E-state index contributed by atoms with van der Waals surface area (Å²) < 4.78 is 0. The van der Waals surface area contributed by atoms with E-state index in [4.69, 9.17) is 0 Å². The fraction of sp³-hybridized carbons (Fsp3) is 0.333. The lowest BCUT2D eigenvalue weighted by Crippen LogP contribution is -2.16. The smallest absolute Gasteiger partial charge is 0.129 e. The van der Waals surface area contributed by atoms with Crippen LogP contribution in [0.15, 0.2) is 24.3 Å². The zero-order valence-electron chi connectivity index (χ0n) is 9.31. The first-order chi connectivity index (χ1) is 6.51. The SMILES string of the molecule is CNc1cccc(C#C[Si](C)(C)C)c1. The summed E-state index contributed by atoms with van der Waals surface area (Å²) in [7, 11) is 0.673. The van der Waals surface area contributed by atoms with E-state index < -0.39 is 8.07 Å². The normalized spacial score (nSPS) is 10.3. The van der Waals surface area contributed by atoms with Crippen molar-refractivity contribution in [3.8, 4) is 11.5 Å². The van der Waals surface area contributed by atoms with Crippen molar-refractivity contribution in [1.29, 1.82) is 0 Å². The minimum atomic E-state index is -1.25. The van der Waals surface area contributed by atoms with E-state index in [2.05, 4.69) is 42.5 Å². The molecule has 1 aromatic rings. The molecule has 0 radical (unpaired) electrons. The van der Waals surface area contributed by atoms with Crippen LogP contribution in [0.1, 0.15) is 5.56 Å². The summed E-state index contributed by atoms with van der Waals surface area (Å²) in [5, 5.41) is 3.11. The molecule has 0 aromatic heterocycles. The van der Waals surface area contributed by atoms with Gasteiger partial charge in [0.2, 0.25) is 0 Å². The zero-order chi connectivity index (χ0) is 10.6. The molecule has 2 heteroatoms. The molecule has 0 atom stereocenters. The van der Waals surface area contributed by atoms with E-state index in [0.717, 1.165) is 11.3 Å². The van der Waals surface area contributed by atoms with Crippen molar-refractivity contribution in [2.45, 2.75) is 19.6 Å². The Morgan fingerprint density at radius 3 is 2.50 bits per heavy atom. The molecule has 0 unspecified atom stereocenters. The predicted octanol–water partition coefficient (Wildman–Crippen LogP) is 2.96. The van der Waals surface area contributed by atoms with Crippen molar-refractivity contribution in [3.05, 3.63) is 29.8 Å². The van der Waals surface area contributed by atoms with Crippen molar-refractivity contribution in [2.75, 3.05) is 12.4 Å². The van der Waals surface area contributed by atoms with Crippen molar-refractivity contribution < 1.29 is 0 Å². The van der Waals surface area contributed by atoms with Gasteiger partial charge in [-0.1, -0.05) is 31.6 Å². The summed E-state index contributed by atoms with van der Waals surface area (Å²) in [6.07, 6.45) is 0. The van der Waals surface area contributed by atoms with Crippen LogP contribution in [0.3, 0.4) is 0 Å². The minimum Gasteiger partial charge on any atom is -0.388 e. The standard InChI is InChI=1S/C12H17NSi/c1-13-12-7-5-6-11(10-12)8-9-14(2,3)4/h5-7,10,13H,1-4H3. The maximum Gasteiger partial charge on any atom is 0.129 e. The first kappa shape index (κ1) is 10.9. The quantitative estimate of drug-likeness (QED) is 0.546. The fourth-order valence-corrected chi connectivity index (χ4v) is 1.53. The van der Waals surface area contributed by atoms with Gasteiger partial charge in [0.05, 0.1) is 0 Å². The molecule has 1 nitrogen and oxygen atoms in total. The molecule has 0 fully saturated rings. The van der Waals surface area contributed by atoms with Gasteiger partial charge >= 0.3 is 0 Å². The van der Waals surface area contributed by atoms with E-state index in [0.29, 0.717) is 0 Å². The molecule has 0 amide bonds.